The van der Waals surface area contributed by atoms with E-state index < -0.39 is 11.7 Å². The second kappa shape index (κ2) is 6.52. The van der Waals surface area contributed by atoms with E-state index in [-0.39, 0.29) is 6.03 Å². The highest BCUT2D eigenvalue weighted by molar-refractivity contribution is 5.81. The third-order valence-corrected chi connectivity index (χ3v) is 6.06. The zero-order valence-electron chi connectivity index (χ0n) is 16.7. The highest BCUT2D eigenvalue weighted by Gasteiger charge is 2.51. The van der Waals surface area contributed by atoms with Crippen LogP contribution in [-0.2, 0) is 13.6 Å². The van der Waals surface area contributed by atoms with Crippen molar-refractivity contribution < 1.29 is 14.6 Å². The molecule has 1 fully saturated rings. The predicted molar refractivity (Wildman–Crippen MR) is 111 cm³/mol. The van der Waals surface area contributed by atoms with Crippen molar-refractivity contribution in [3.63, 3.8) is 0 Å². The van der Waals surface area contributed by atoms with E-state index in [1.165, 1.54) is 10.9 Å². The van der Waals surface area contributed by atoms with E-state index in [2.05, 4.69) is 28.1 Å². The molecule has 1 spiro atoms. The van der Waals surface area contributed by atoms with Gasteiger partial charge in [0, 0.05) is 37.3 Å². The molecule has 1 aromatic heterocycles. The van der Waals surface area contributed by atoms with E-state index in [1.54, 1.807) is 4.90 Å². The Kier molecular flexibility index (Phi) is 4.06. The average Bonchev–Trinajstić information content (AvgIpc) is 3.04. The van der Waals surface area contributed by atoms with Gasteiger partial charge in [0.2, 0.25) is 0 Å². The van der Waals surface area contributed by atoms with Crippen LogP contribution in [0, 0.1) is 6.92 Å². The van der Waals surface area contributed by atoms with E-state index in [0.717, 1.165) is 22.4 Å². The minimum atomic E-state index is -0.554. The lowest BCUT2D eigenvalue weighted by Crippen LogP contribution is -2.69. The maximum Gasteiger partial charge on any atom is 0.317 e. The molecule has 2 aliphatic rings. The number of likely N-dealkylation sites (tertiary alicyclic amines) is 1. The molecule has 0 bridgehead atoms. The molecule has 0 saturated carbocycles. The lowest BCUT2D eigenvalue weighted by molar-refractivity contribution is -0.0975. The van der Waals surface area contributed by atoms with Crippen molar-refractivity contribution in [2.75, 3.05) is 13.1 Å². The van der Waals surface area contributed by atoms with Crippen molar-refractivity contribution in [2.45, 2.75) is 31.6 Å². The summed E-state index contributed by atoms with van der Waals surface area (Å²) < 4.78 is 8.30. The quantitative estimate of drug-likeness (QED) is 0.705. The second-order valence-electron chi connectivity index (χ2n) is 8.38. The molecule has 2 aliphatic heterocycles. The monoisotopic (exact) mass is 391 g/mol. The highest BCUT2D eigenvalue weighted by Crippen LogP contribution is 2.44. The number of urea groups is 1. The van der Waals surface area contributed by atoms with Gasteiger partial charge in [-0.25, -0.2) is 4.79 Å². The number of nitrogens with zero attached hydrogens (tertiary/aromatic N) is 2. The van der Waals surface area contributed by atoms with Gasteiger partial charge in [0.05, 0.1) is 19.2 Å². The van der Waals surface area contributed by atoms with Gasteiger partial charge in [-0.1, -0.05) is 18.2 Å². The molecule has 1 unspecified atom stereocenters. The maximum atomic E-state index is 12.6. The third kappa shape index (κ3) is 3.13. The van der Waals surface area contributed by atoms with E-state index >= 15 is 0 Å². The van der Waals surface area contributed by atoms with Gasteiger partial charge in [-0.3, -0.25) is 0 Å². The molecule has 2 N–H and O–H groups in total. The molecule has 2 aromatic carbocycles. The van der Waals surface area contributed by atoms with Crippen LogP contribution in [0.15, 0.2) is 48.7 Å². The van der Waals surface area contributed by atoms with Crippen LogP contribution in [0.4, 0.5) is 4.79 Å². The summed E-state index contributed by atoms with van der Waals surface area (Å²) in [6, 6.07) is 14.1. The molecule has 0 aliphatic carbocycles. The summed E-state index contributed by atoms with van der Waals surface area (Å²) >= 11 is 0. The molecule has 1 atom stereocenters. The lowest BCUT2D eigenvalue weighted by atomic mass is 9.83. The summed E-state index contributed by atoms with van der Waals surface area (Å²) in [5, 5.41) is 14.7. The molecule has 6 heteroatoms. The number of hydrogen-bond acceptors (Lipinski definition) is 3. The summed E-state index contributed by atoms with van der Waals surface area (Å²) in [5.74, 6) is 0.736. The third-order valence-electron chi connectivity index (χ3n) is 6.06. The molecule has 29 heavy (non-hydrogen) atoms. The number of ether oxygens (including phenoxy) is 1. The van der Waals surface area contributed by atoms with Gasteiger partial charge in [-0.05, 0) is 47.7 Å². The van der Waals surface area contributed by atoms with Crippen molar-refractivity contribution in [3.8, 4) is 5.75 Å². The van der Waals surface area contributed by atoms with Gasteiger partial charge < -0.3 is 24.6 Å². The van der Waals surface area contributed by atoms with Crippen molar-refractivity contribution in [2.24, 2.45) is 7.05 Å². The molecule has 0 radical (unpaired) electrons. The van der Waals surface area contributed by atoms with Gasteiger partial charge in [0.15, 0.2) is 0 Å². The van der Waals surface area contributed by atoms with Crippen molar-refractivity contribution in [1.82, 2.24) is 14.8 Å². The fourth-order valence-corrected chi connectivity index (χ4v) is 4.46. The van der Waals surface area contributed by atoms with Gasteiger partial charge in [0.25, 0.3) is 0 Å². The first-order valence-corrected chi connectivity index (χ1v) is 9.97. The number of rotatable bonds is 2. The maximum absolute atomic E-state index is 12.6. The van der Waals surface area contributed by atoms with E-state index in [9.17, 15) is 9.90 Å². The summed E-state index contributed by atoms with van der Waals surface area (Å²) in [6.07, 6.45) is 1.99. The van der Waals surface area contributed by atoms with Crippen LogP contribution in [0.25, 0.3) is 10.9 Å². The van der Waals surface area contributed by atoms with Crippen LogP contribution >= 0.6 is 0 Å². The van der Waals surface area contributed by atoms with Crippen molar-refractivity contribution >= 4 is 16.9 Å². The number of benzene rings is 2. The Morgan fingerprint density at radius 3 is 2.90 bits per heavy atom. The zero-order chi connectivity index (χ0) is 20.2. The molecule has 2 amide bonds. The smallest absolute Gasteiger partial charge is 0.317 e. The van der Waals surface area contributed by atoms with Crippen LogP contribution in [0.1, 0.15) is 29.2 Å². The minimum absolute atomic E-state index is 0.100. The summed E-state index contributed by atoms with van der Waals surface area (Å²) in [7, 11) is 2.02. The minimum Gasteiger partial charge on any atom is -0.483 e. The molecule has 3 aromatic rings. The number of fused-ring (bicyclic) bond motifs is 2. The number of aliphatic hydroxyl groups excluding tert-OH is 1. The number of carbonyl (C=O) groups is 1. The van der Waals surface area contributed by atoms with Gasteiger partial charge in [0.1, 0.15) is 11.4 Å². The average molecular weight is 391 g/mol. The Morgan fingerprint density at radius 2 is 2.07 bits per heavy atom. The second-order valence-corrected chi connectivity index (χ2v) is 8.38. The molecule has 1 saturated heterocycles. The number of amides is 2. The summed E-state index contributed by atoms with van der Waals surface area (Å²) in [5.41, 5.74) is 3.69. The molecule has 150 valence electrons. The number of aromatic nitrogens is 1. The normalized spacial score (nSPS) is 19.6. The molecule has 6 nitrogen and oxygen atoms in total. The Morgan fingerprint density at radius 1 is 1.24 bits per heavy atom. The Labute approximate surface area is 169 Å². The largest absolute Gasteiger partial charge is 0.483 e. The standard InChI is InChI=1S/C23H25N3O3/c1-15-3-5-18-20(27)11-23(29-21(18)9-15)13-26(14-23)22(28)24-12-16-4-6-19-17(10-16)7-8-25(19)2/h3-10,20,27H,11-14H2,1-2H3,(H,24,28). The molecular weight excluding hydrogens is 366 g/mol. The zero-order valence-corrected chi connectivity index (χ0v) is 16.7. The van der Waals surface area contributed by atoms with Crippen LogP contribution in [-0.4, -0.2) is 39.3 Å². The number of aliphatic hydroxyl groups is 1. The summed E-state index contributed by atoms with van der Waals surface area (Å²) in [6.45, 7) is 3.46. The lowest BCUT2D eigenvalue weighted by Gasteiger charge is -2.52. The number of nitrogens with one attached hydrogen (secondary N) is 1. The highest BCUT2D eigenvalue weighted by atomic mass is 16.5. The fourth-order valence-electron chi connectivity index (χ4n) is 4.46. The van der Waals surface area contributed by atoms with E-state index in [0.29, 0.717) is 26.1 Å². The Hall–Kier alpha value is -2.99. The fraction of sp³-hybridized carbons (Fsp3) is 0.348. The Bertz CT molecular complexity index is 1100. The van der Waals surface area contributed by atoms with Crippen molar-refractivity contribution in [1.29, 1.82) is 0 Å². The molecule has 3 heterocycles. The number of carbonyl (C=O) groups excluding carboxylic acids is 1. The van der Waals surface area contributed by atoms with Crippen LogP contribution in [0.5, 0.6) is 5.75 Å². The van der Waals surface area contributed by atoms with Gasteiger partial charge in [-0.2, -0.15) is 0 Å². The summed E-state index contributed by atoms with van der Waals surface area (Å²) in [4.78, 5) is 14.3. The van der Waals surface area contributed by atoms with Gasteiger partial charge in [-0.15, -0.1) is 0 Å². The van der Waals surface area contributed by atoms with Crippen molar-refractivity contribution in [3.05, 3.63) is 65.4 Å². The molecular formula is C23H25N3O3. The van der Waals surface area contributed by atoms with Crippen LogP contribution in [0.3, 0.4) is 0 Å². The van der Waals surface area contributed by atoms with E-state index in [4.69, 9.17) is 4.74 Å². The first kappa shape index (κ1) is 18.1. The van der Waals surface area contributed by atoms with Crippen LogP contribution in [0.2, 0.25) is 0 Å². The number of hydrogen-bond donors (Lipinski definition) is 2. The number of aryl methyl sites for hydroxylation is 2. The van der Waals surface area contributed by atoms with E-state index in [1.807, 2.05) is 44.4 Å². The topological polar surface area (TPSA) is 66.7 Å². The molecule has 5 rings (SSSR count). The Balaban J connectivity index is 1.21. The first-order valence-electron chi connectivity index (χ1n) is 9.97. The van der Waals surface area contributed by atoms with Crippen LogP contribution < -0.4 is 10.1 Å². The SMILES string of the molecule is Cc1ccc2c(c1)OC1(CC2O)CN(C(=O)NCc2ccc3c(ccn3C)c2)C1. The van der Waals surface area contributed by atoms with Gasteiger partial charge >= 0.3 is 6.03 Å². The first-order chi connectivity index (χ1) is 13.9. The predicted octanol–water partition coefficient (Wildman–Crippen LogP) is 3.27.